The van der Waals surface area contributed by atoms with Crippen LogP contribution < -0.4 is 0 Å². The fourth-order valence-corrected chi connectivity index (χ4v) is 1.45. The van der Waals surface area contributed by atoms with Crippen molar-refractivity contribution in [2.45, 2.75) is 13.0 Å². The zero-order valence-electron chi connectivity index (χ0n) is 8.46. The van der Waals surface area contributed by atoms with Crippen molar-refractivity contribution in [1.82, 2.24) is 19.3 Å². The molecule has 76 valence electrons. The number of aryl methyl sites for hydroxylation is 3. The molecule has 2 aromatic rings. The Kier molecular flexibility index (Phi) is 2.50. The van der Waals surface area contributed by atoms with Crippen LogP contribution >= 0.6 is 0 Å². The van der Waals surface area contributed by atoms with Gasteiger partial charge in [0.25, 0.3) is 0 Å². The molecule has 0 radical (unpaired) electrons. The molecule has 0 aliphatic rings. The van der Waals surface area contributed by atoms with Gasteiger partial charge in [0.1, 0.15) is 6.07 Å². The third kappa shape index (κ3) is 2.05. The predicted molar refractivity (Wildman–Crippen MR) is 53.9 cm³/mol. The molecule has 0 fully saturated rings. The van der Waals surface area contributed by atoms with Gasteiger partial charge in [-0.3, -0.25) is 4.68 Å². The van der Waals surface area contributed by atoms with Crippen molar-refractivity contribution < 1.29 is 0 Å². The summed E-state index contributed by atoms with van der Waals surface area (Å²) < 4.78 is 3.61. The van der Waals surface area contributed by atoms with Crippen LogP contribution in [0.3, 0.4) is 0 Å². The highest BCUT2D eigenvalue weighted by Gasteiger charge is 2.02. The number of hydrogen-bond donors (Lipinski definition) is 0. The van der Waals surface area contributed by atoms with Gasteiger partial charge in [-0.2, -0.15) is 10.4 Å². The predicted octanol–water partition coefficient (Wildman–Crippen LogP) is 0.731. The Morgan fingerprint density at radius 2 is 2.40 bits per heavy atom. The second kappa shape index (κ2) is 3.96. The lowest BCUT2D eigenvalue weighted by molar-refractivity contribution is 0.685. The first-order valence-corrected chi connectivity index (χ1v) is 4.68. The van der Waals surface area contributed by atoms with E-state index in [9.17, 15) is 0 Å². The van der Waals surface area contributed by atoms with Crippen LogP contribution in [-0.4, -0.2) is 19.3 Å². The Balaban J connectivity index is 2.02. The van der Waals surface area contributed by atoms with Gasteiger partial charge in [0.2, 0.25) is 5.82 Å². The van der Waals surface area contributed by atoms with Gasteiger partial charge in [0.05, 0.1) is 6.20 Å². The maximum Gasteiger partial charge on any atom is 0.212 e. The Morgan fingerprint density at radius 1 is 1.53 bits per heavy atom. The van der Waals surface area contributed by atoms with E-state index in [1.807, 2.05) is 36.3 Å². The van der Waals surface area contributed by atoms with Crippen molar-refractivity contribution >= 4 is 0 Å². The Hall–Kier alpha value is -2.09. The molecular weight excluding hydrogens is 190 g/mol. The van der Waals surface area contributed by atoms with E-state index in [1.165, 1.54) is 0 Å². The minimum absolute atomic E-state index is 0.457. The summed E-state index contributed by atoms with van der Waals surface area (Å²) in [4.78, 5) is 3.93. The van der Waals surface area contributed by atoms with Gasteiger partial charge in [-0.05, 0) is 12.0 Å². The summed E-state index contributed by atoms with van der Waals surface area (Å²) >= 11 is 0. The molecule has 2 aromatic heterocycles. The van der Waals surface area contributed by atoms with Crippen LogP contribution in [0.4, 0.5) is 0 Å². The van der Waals surface area contributed by atoms with Crippen molar-refractivity contribution in [3.05, 3.63) is 36.2 Å². The monoisotopic (exact) mass is 201 g/mol. The number of nitriles is 1. The van der Waals surface area contributed by atoms with Gasteiger partial charge in [-0.25, -0.2) is 4.98 Å². The summed E-state index contributed by atoms with van der Waals surface area (Å²) in [6.07, 6.45) is 8.13. The van der Waals surface area contributed by atoms with Crippen molar-refractivity contribution in [2.24, 2.45) is 7.05 Å². The fraction of sp³-hybridized carbons (Fsp3) is 0.300. The average Bonchev–Trinajstić information content (AvgIpc) is 2.83. The average molecular weight is 201 g/mol. The molecule has 0 unspecified atom stereocenters. The van der Waals surface area contributed by atoms with Gasteiger partial charge < -0.3 is 4.57 Å². The number of hydrogen-bond acceptors (Lipinski definition) is 3. The fourth-order valence-electron chi connectivity index (χ4n) is 1.45. The van der Waals surface area contributed by atoms with E-state index in [4.69, 9.17) is 5.26 Å². The molecule has 5 nitrogen and oxygen atoms in total. The van der Waals surface area contributed by atoms with Crippen molar-refractivity contribution in [2.75, 3.05) is 0 Å². The molecule has 2 rings (SSSR count). The molecule has 0 saturated carbocycles. The standard InChI is InChI=1S/C10H11N5/c1-14-8-9(7-13-14)2-4-15-5-3-12-10(15)6-11/h3,5,7-8H,2,4H2,1H3. The topological polar surface area (TPSA) is 59.4 Å². The Morgan fingerprint density at radius 3 is 3.07 bits per heavy atom. The molecular formula is C10H11N5. The largest absolute Gasteiger partial charge is 0.322 e. The lowest BCUT2D eigenvalue weighted by atomic mass is 10.2. The first kappa shape index (κ1) is 9.46. The molecule has 0 saturated heterocycles. The maximum absolute atomic E-state index is 8.76. The third-order valence-electron chi connectivity index (χ3n) is 2.22. The van der Waals surface area contributed by atoms with Crippen LogP contribution in [0.25, 0.3) is 0 Å². The van der Waals surface area contributed by atoms with E-state index in [0.29, 0.717) is 5.82 Å². The van der Waals surface area contributed by atoms with Gasteiger partial charge in [-0.1, -0.05) is 0 Å². The summed E-state index contributed by atoms with van der Waals surface area (Å²) in [6, 6.07) is 2.05. The number of rotatable bonds is 3. The van der Waals surface area contributed by atoms with Gasteiger partial charge in [0, 0.05) is 32.2 Å². The molecule has 15 heavy (non-hydrogen) atoms. The summed E-state index contributed by atoms with van der Waals surface area (Å²) in [7, 11) is 1.89. The van der Waals surface area contributed by atoms with E-state index < -0.39 is 0 Å². The minimum atomic E-state index is 0.457. The summed E-state index contributed by atoms with van der Waals surface area (Å²) in [5, 5.41) is 12.8. The van der Waals surface area contributed by atoms with Crippen LogP contribution in [0, 0.1) is 11.3 Å². The summed E-state index contributed by atoms with van der Waals surface area (Å²) in [6.45, 7) is 0.759. The Bertz CT molecular complexity index is 488. The molecule has 0 aliphatic carbocycles. The first-order chi connectivity index (χ1) is 7.29. The van der Waals surface area contributed by atoms with Crippen molar-refractivity contribution in [3.8, 4) is 6.07 Å². The quantitative estimate of drug-likeness (QED) is 0.735. The highest BCUT2D eigenvalue weighted by atomic mass is 15.2. The summed E-state index contributed by atoms with van der Waals surface area (Å²) in [5.41, 5.74) is 1.16. The first-order valence-electron chi connectivity index (χ1n) is 4.68. The highest BCUT2D eigenvalue weighted by Crippen LogP contribution is 2.02. The van der Waals surface area contributed by atoms with Crippen LogP contribution in [0.1, 0.15) is 11.4 Å². The molecule has 5 heteroatoms. The molecule has 0 spiro atoms. The highest BCUT2D eigenvalue weighted by molar-refractivity contribution is 5.12. The van der Waals surface area contributed by atoms with Crippen LogP contribution in [0.5, 0.6) is 0 Å². The van der Waals surface area contributed by atoms with E-state index >= 15 is 0 Å². The van der Waals surface area contributed by atoms with E-state index in [1.54, 1.807) is 10.9 Å². The number of imidazole rings is 1. The smallest absolute Gasteiger partial charge is 0.212 e. The van der Waals surface area contributed by atoms with Crippen molar-refractivity contribution in [1.29, 1.82) is 5.26 Å². The van der Waals surface area contributed by atoms with Crippen LogP contribution in [0.2, 0.25) is 0 Å². The van der Waals surface area contributed by atoms with Crippen molar-refractivity contribution in [3.63, 3.8) is 0 Å². The Labute approximate surface area is 87.6 Å². The molecule has 0 amide bonds. The van der Waals surface area contributed by atoms with Gasteiger partial charge in [-0.15, -0.1) is 0 Å². The minimum Gasteiger partial charge on any atom is -0.322 e. The van der Waals surface area contributed by atoms with E-state index in [2.05, 4.69) is 10.1 Å². The van der Waals surface area contributed by atoms with Gasteiger partial charge >= 0.3 is 0 Å². The zero-order chi connectivity index (χ0) is 10.7. The normalized spacial score (nSPS) is 10.1. The third-order valence-corrected chi connectivity index (χ3v) is 2.22. The SMILES string of the molecule is Cn1cc(CCn2ccnc2C#N)cn1. The lowest BCUT2D eigenvalue weighted by Crippen LogP contribution is -2.02. The molecule has 0 aromatic carbocycles. The molecule has 0 bridgehead atoms. The van der Waals surface area contributed by atoms with Crippen LogP contribution in [-0.2, 0) is 20.0 Å². The molecule has 2 heterocycles. The second-order valence-electron chi connectivity index (χ2n) is 3.33. The lowest BCUT2D eigenvalue weighted by Gasteiger charge is -2.00. The number of aromatic nitrogens is 4. The van der Waals surface area contributed by atoms with Crippen LogP contribution in [0.15, 0.2) is 24.8 Å². The summed E-state index contributed by atoms with van der Waals surface area (Å²) in [5.74, 6) is 0.457. The second-order valence-corrected chi connectivity index (χ2v) is 3.33. The van der Waals surface area contributed by atoms with E-state index in [0.717, 1.165) is 18.5 Å². The number of nitrogens with zero attached hydrogens (tertiary/aromatic N) is 5. The molecule has 0 atom stereocenters. The molecule has 0 aliphatic heterocycles. The van der Waals surface area contributed by atoms with E-state index in [-0.39, 0.29) is 0 Å². The zero-order valence-corrected chi connectivity index (χ0v) is 8.46. The maximum atomic E-state index is 8.76. The molecule has 0 N–H and O–H groups in total. The van der Waals surface area contributed by atoms with Gasteiger partial charge in [0.15, 0.2) is 0 Å².